The van der Waals surface area contributed by atoms with Crippen LogP contribution in [-0.4, -0.2) is 21.0 Å². The summed E-state index contributed by atoms with van der Waals surface area (Å²) in [6, 6.07) is 0. The summed E-state index contributed by atoms with van der Waals surface area (Å²) in [6.07, 6.45) is -1.47. The number of hydrogen-bond donors (Lipinski definition) is 1. The molecule has 0 aromatic carbocycles. The molecule has 0 unspecified atom stereocenters. The van der Waals surface area contributed by atoms with E-state index in [1.54, 1.807) is 14.0 Å². The zero-order chi connectivity index (χ0) is 10.0. The Labute approximate surface area is 75.0 Å². The fourth-order valence-corrected chi connectivity index (χ4v) is 1.21. The zero-order valence-corrected chi connectivity index (χ0v) is 7.54. The first-order chi connectivity index (χ1) is 6.00. The van der Waals surface area contributed by atoms with Crippen LogP contribution in [0.2, 0.25) is 0 Å². The third kappa shape index (κ3) is 2.48. The van der Waals surface area contributed by atoms with Crippen molar-refractivity contribution in [2.75, 3.05) is 0 Å². The van der Waals surface area contributed by atoms with Crippen molar-refractivity contribution in [2.45, 2.75) is 25.9 Å². The Morgan fingerprint density at radius 2 is 2.23 bits per heavy atom. The molecule has 0 saturated carbocycles. The molecule has 0 saturated heterocycles. The summed E-state index contributed by atoms with van der Waals surface area (Å²) in [7, 11) is 1.58. The lowest BCUT2D eigenvalue weighted by Gasteiger charge is -2.02. The smallest absolute Gasteiger partial charge is 0.282 e. The van der Waals surface area contributed by atoms with E-state index >= 15 is 0 Å². The van der Waals surface area contributed by atoms with E-state index in [0.717, 1.165) is 0 Å². The summed E-state index contributed by atoms with van der Waals surface area (Å²) in [5, 5.41) is 12.7. The van der Waals surface area contributed by atoms with Crippen molar-refractivity contribution in [3.8, 4) is 0 Å². The number of aliphatic hydroxyl groups excluding tert-OH is 1. The van der Waals surface area contributed by atoms with E-state index < -0.39 is 12.5 Å². The molecule has 74 valence electrons. The molecule has 0 radical (unpaired) electrons. The predicted octanol–water partition coefficient (Wildman–Crippen LogP) is 1.28. The van der Waals surface area contributed by atoms with Crippen molar-refractivity contribution < 1.29 is 13.9 Å². The van der Waals surface area contributed by atoms with Gasteiger partial charge in [-0.25, -0.2) is 8.78 Å². The van der Waals surface area contributed by atoms with Crippen LogP contribution in [-0.2, 0) is 13.5 Å². The van der Waals surface area contributed by atoms with Gasteiger partial charge in [0.05, 0.1) is 6.10 Å². The van der Waals surface area contributed by atoms with Crippen LogP contribution in [0.5, 0.6) is 0 Å². The van der Waals surface area contributed by atoms with Crippen LogP contribution in [0.15, 0.2) is 6.20 Å². The SMILES string of the molecule is C[C@H](O)Cc1cn(C)nc1C(F)F. The van der Waals surface area contributed by atoms with Gasteiger partial charge in [0.1, 0.15) is 5.69 Å². The highest BCUT2D eigenvalue weighted by Gasteiger charge is 2.17. The quantitative estimate of drug-likeness (QED) is 0.779. The van der Waals surface area contributed by atoms with Crippen LogP contribution in [0.4, 0.5) is 8.78 Å². The third-order valence-corrected chi connectivity index (χ3v) is 1.66. The molecule has 1 aromatic rings. The normalized spacial score (nSPS) is 13.7. The molecule has 1 rings (SSSR count). The van der Waals surface area contributed by atoms with Crippen LogP contribution >= 0.6 is 0 Å². The molecular weight excluding hydrogens is 178 g/mol. The van der Waals surface area contributed by atoms with Gasteiger partial charge in [0, 0.05) is 25.2 Å². The first-order valence-corrected chi connectivity index (χ1v) is 3.99. The molecule has 1 N–H and O–H groups in total. The Kier molecular flexibility index (Phi) is 2.98. The highest BCUT2D eigenvalue weighted by atomic mass is 19.3. The molecule has 0 amide bonds. The second-order valence-electron chi connectivity index (χ2n) is 3.07. The number of aryl methyl sites for hydroxylation is 1. The van der Waals surface area contributed by atoms with Gasteiger partial charge < -0.3 is 5.11 Å². The summed E-state index contributed by atoms with van der Waals surface area (Å²) < 4.78 is 26.0. The molecule has 0 spiro atoms. The van der Waals surface area contributed by atoms with E-state index in [2.05, 4.69) is 5.10 Å². The van der Waals surface area contributed by atoms with E-state index in [1.165, 1.54) is 10.9 Å². The zero-order valence-electron chi connectivity index (χ0n) is 7.54. The van der Waals surface area contributed by atoms with Crippen LogP contribution in [0.25, 0.3) is 0 Å². The van der Waals surface area contributed by atoms with Crippen LogP contribution in [0.3, 0.4) is 0 Å². The minimum Gasteiger partial charge on any atom is -0.393 e. The molecule has 0 aliphatic rings. The van der Waals surface area contributed by atoms with Gasteiger partial charge in [-0.2, -0.15) is 5.10 Å². The topological polar surface area (TPSA) is 38.0 Å². The summed E-state index contributed by atoms with van der Waals surface area (Å²) in [4.78, 5) is 0. The van der Waals surface area contributed by atoms with Gasteiger partial charge in [-0.1, -0.05) is 0 Å². The Morgan fingerprint density at radius 1 is 1.62 bits per heavy atom. The fraction of sp³-hybridized carbons (Fsp3) is 0.625. The largest absolute Gasteiger partial charge is 0.393 e. The number of halogens is 2. The van der Waals surface area contributed by atoms with Gasteiger partial charge in [0.15, 0.2) is 0 Å². The van der Waals surface area contributed by atoms with E-state index in [4.69, 9.17) is 5.11 Å². The second-order valence-corrected chi connectivity index (χ2v) is 3.07. The summed E-state index contributed by atoms with van der Waals surface area (Å²) in [5.74, 6) is 0. The lowest BCUT2D eigenvalue weighted by molar-refractivity contribution is 0.142. The maximum atomic E-state index is 12.3. The Hall–Kier alpha value is -0.970. The van der Waals surface area contributed by atoms with Gasteiger partial charge in [-0.05, 0) is 6.92 Å². The highest BCUT2D eigenvalue weighted by Crippen LogP contribution is 2.21. The van der Waals surface area contributed by atoms with Gasteiger partial charge >= 0.3 is 0 Å². The molecule has 5 heteroatoms. The van der Waals surface area contributed by atoms with Gasteiger partial charge in [-0.15, -0.1) is 0 Å². The van der Waals surface area contributed by atoms with Crippen molar-refractivity contribution in [2.24, 2.45) is 7.05 Å². The van der Waals surface area contributed by atoms with Gasteiger partial charge in [0.2, 0.25) is 0 Å². The number of aliphatic hydroxyl groups is 1. The van der Waals surface area contributed by atoms with Gasteiger partial charge in [0.25, 0.3) is 6.43 Å². The van der Waals surface area contributed by atoms with Crippen LogP contribution in [0.1, 0.15) is 24.6 Å². The standard InChI is InChI=1S/C8H12F2N2O/c1-5(13)3-6-4-12(2)11-7(6)8(9)10/h4-5,8,13H,3H2,1-2H3/t5-/m0/s1. The maximum absolute atomic E-state index is 12.3. The average molecular weight is 190 g/mol. The van der Waals surface area contributed by atoms with Crippen molar-refractivity contribution in [3.05, 3.63) is 17.5 Å². The van der Waals surface area contributed by atoms with E-state index in [9.17, 15) is 8.78 Å². The Morgan fingerprint density at radius 3 is 2.69 bits per heavy atom. The minimum atomic E-state index is -2.57. The van der Waals surface area contributed by atoms with E-state index in [-0.39, 0.29) is 12.1 Å². The first kappa shape index (κ1) is 10.1. The summed E-state index contributed by atoms with van der Waals surface area (Å²) >= 11 is 0. The van der Waals surface area contributed by atoms with Crippen LogP contribution < -0.4 is 0 Å². The Bertz CT molecular complexity index is 284. The molecule has 1 atom stereocenters. The lowest BCUT2D eigenvalue weighted by atomic mass is 10.1. The molecule has 0 bridgehead atoms. The molecule has 0 aliphatic heterocycles. The first-order valence-electron chi connectivity index (χ1n) is 3.99. The summed E-state index contributed by atoms with van der Waals surface area (Å²) in [6.45, 7) is 1.56. The molecule has 1 aromatic heterocycles. The fourth-order valence-electron chi connectivity index (χ4n) is 1.21. The van der Waals surface area contributed by atoms with Crippen molar-refractivity contribution in [1.82, 2.24) is 9.78 Å². The molecule has 1 heterocycles. The molecule has 0 fully saturated rings. The molecule has 3 nitrogen and oxygen atoms in total. The van der Waals surface area contributed by atoms with Crippen molar-refractivity contribution in [1.29, 1.82) is 0 Å². The van der Waals surface area contributed by atoms with Crippen LogP contribution in [0, 0.1) is 0 Å². The second kappa shape index (κ2) is 3.83. The number of hydrogen-bond acceptors (Lipinski definition) is 2. The maximum Gasteiger partial charge on any atom is 0.282 e. The Balaban J connectivity index is 2.91. The molecule has 0 aliphatic carbocycles. The molecular formula is C8H12F2N2O. The average Bonchev–Trinajstić information content (AvgIpc) is 2.29. The third-order valence-electron chi connectivity index (χ3n) is 1.66. The number of aromatic nitrogens is 2. The highest BCUT2D eigenvalue weighted by molar-refractivity contribution is 5.18. The van der Waals surface area contributed by atoms with Crippen molar-refractivity contribution >= 4 is 0 Å². The monoisotopic (exact) mass is 190 g/mol. The number of rotatable bonds is 3. The summed E-state index contributed by atoms with van der Waals surface area (Å²) in [5.41, 5.74) is 0.177. The lowest BCUT2D eigenvalue weighted by Crippen LogP contribution is -2.05. The predicted molar refractivity (Wildman–Crippen MR) is 43.5 cm³/mol. The number of nitrogens with zero attached hydrogens (tertiary/aromatic N) is 2. The van der Waals surface area contributed by atoms with E-state index in [1.807, 2.05) is 0 Å². The van der Waals surface area contributed by atoms with Gasteiger partial charge in [-0.3, -0.25) is 4.68 Å². The minimum absolute atomic E-state index is 0.216. The number of alkyl halides is 2. The van der Waals surface area contributed by atoms with E-state index in [0.29, 0.717) is 5.56 Å². The van der Waals surface area contributed by atoms with Crippen molar-refractivity contribution in [3.63, 3.8) is 0 Å². The molecule has 13 heavy (non-hydrogen) atoms.